The smallest absolute Gasteiger partial charge is 0.127 e. The van der Waals surface area contributed by atoms with Crippen LogP contribution >= 0.6 is 0 Å². The zero-order chi connectivity index (χ0) is 15.4. The van der Waals surface area contributed by atoms with E-state index in [4.69, 9.17) is 5.73 Å². The van der Waals surface area contributed by atoms with Crippen molar-refractivity contribution in [3.8, 4) is 0 Å². The molecule has 2 aromatic rings. The number of anilines is 1. The minimum absolute atomic E-state index is 0.123. The zero-order valence-electron chi connectivity index (χ0n) is 12.3. The minimum Gasteiger partial charge on any atom is -0.399 e. The third kappa shape index (κ3) is 3.80. The van der Waals surface area contributed by atoms with E-state index in [1.807, 2.05) is 37.1 Å². The molecule has 2 aromatic carbocycles. The van der Waals surface area contributed by atoms with Crippen LogP contribution in [0, 0.1) is 5.82 Å². The van der Waals surface area contributed by atoms with Crippen LogP contribution in [-0.4, -0.2) is 23.6 Å². The molecule has 0 saturated heterocycles. The topological polar surface area (TPSA) is 49.5 Å². The van der Waals surface area contributed by atoms with Gasteiger partial charge in [0.1, 0.15) is 5.82 Å². The Bertz CT molecular complexity index is 603. The molecule has 0 aliphatic rings. The van der Waals surface area contributed by atoms with Crippen LogP contribution in [0.5, 0.6) is 0 Å². The lowest BCUT2D eigenvalue weighted by Gasteiger charge is -2.27. The third-order valence-corrected chi connectivity index (χ3v) is 3.77. The second-order valence-corrected chi connectivity index (χ2v) is 5.32. The first-order valence-corrected chi connectivity index (χ1v) is 6.97. The third-order valence-electron chi connectivity index (χ3n) is 3.77. The molecule has 0 saturated carbocycles. The van der Waals surface area contributed by atoms with E-state index in [1.165, 1.54) is 6.07 Å². The predicted molar refractivity (Wildman–Crippen MR) is 83.3 cm³/mol. The average molecular weight is 288 g/mol. The number of nitrogens with two attached hydrogens (primary N) is 1. The van der Waals surface area contributed by atoms with Gasteiger partial charge in [0.2, 0.25) is 0 Å². The summed E-state index contributed by atoms with van der Waals surface area (Å²) in [5.74, 6) is -0.227. The van der Waals surface area contributed by atoms with Gasteiger partial charge in [-0.25, -0.2) is 4.39 Å². The van der Waals surface area contributed by atoms with Gasteiger partial charge in [0.05, 0.1) is 6.10 Å². The van der Waals surface area contributed by atoms with Crippen LogP contribution in [0.4, 0.5) is 10.1 Å². The standard InChI is InChI=1S/C17H21FN2O/c1-12(15-8-3-4-9-16(15)18)20(2)11-17(21)13-6-5-7-14(19)10-13/h3-10,12,17,21H,11,19H2,1-2H3. The first-order chi connectivity index (χ1) is 9.99. The quantitative estimate of drug-likeness (QED) is 0.831. The summed E-state index contributed by atoms with van der Waals surface area (Å²) in [6, 6.07) is 13.8. The molecule has 3 N–H and O–H groups in total. The van der Waals surface area contributed by atoms with Crippen molar-refractivity contribution in [1.29, 1.82) is 0 Å². The molecular weight excluding hydrogens is 267 g/mol. The fraction of sp³-hybridized carbons (Fsp3) is 0.294. The van der Waals surface area contributed by atoms with Crippen molar-refractivity contribution in [2.45, 2.75) is 19.1 Å². The summed E-state index contributed by atoms with van der Waals surface area (Å²) in [6.45, 7) is 2.32. The molecule has 0 fully saturated rings. The number of aliphatic hydroxyl groups is 1. The summed E-state index contributed by atoms with van der Waals surface area (Å²) in [4.78, 5) is 1.92. The fourth-order valence-electron chi connectivity index (χ4n) is 2.35. The highest BCUT2D eigenvalue weighted by molar-refractivity contribution is 5.41. The van der Waals surface area contributed by atoms with Crippen LogP contribution in [0.2, 0.25) is 0 Å². The molecule has 0 bridgehead atoms. The van der Waals surface area contributed by atoms with Crippen LogP contribution in [0.25, 0.3) is 0 Å². The van der Waals surface area contributed by atoms with Crippen LogP contribution in [0.3, 0.4) is 0 Å². The summed E-state index contributed by atoms with van der Waals surface area (Å²) in [7, 11) is 1.87. The van der Waals surface area contributed by atoms with Gasteiger partial charge < -0.3 is 10.8 Å². The number of rotatable bonds is 5. The molecule has 0 aliphatic carbocycles. The molecule has 0 aliphatic heterocycles. The van der Waals surface area contributed by atoms with E-state index in [0.29, 0.717) is 17.8 Å². The number of nitrogens with zero attached hydrogens (tertiary/aromatic N) is 1. The summed E-state index contributed by atoms with van der Waals surface area (Å²) in [5.41, 5.74) is 7.74. The lowest BCUT2D eigenvalue weighted by Crippen LogP contribution is -2.28. The highest BCUT2D eigenvalue weighted by Gasteiger charge is 2.18. The molecule has 21 heavy (non-hydrogen) atoms. The fourth-order valence-corrected chi connectivity index (χ4v) is 2.35. The largest absolute Gasteiger partial charge is 0.399 e. The molecular formula is C17H21FN2O. The predicted octanol–water partition coefficient (Wildman–Crippen LogP) is 3.13. The molecule has 2 unspecified atom stereocenters. The molecule has 112 valence electrons. The molecule has 0 aromatic heterocycles. The number of halogens is 1. The molecule has 0 amide bonds. The van der Waals surface area contributed by atoms with Crippen LogP contribution in [-0.2, 0) is 0 Å². The van der Waals surface area contributed by atoms with Gasteiger partial charge in [-0.3, -0.25) is 4.90 Å². The van der Waals surface area contributed by atoms with Crippen molar-refractivity contribution in [3.63, 3.8) is 0 Å². The van der Waals surface area contributed by atoms with Gasteiger partial charge in [0, 0.05) is 23.8 Å². The number of hydrogen-bond donors (Lipinski definition) is 2. The normalized spacial score (nSPS) is 14.1. The van der Waals surface area contributed by atoms with Gasteiger partial charge in [-0.1, -0.05) is 30.3 Å². The van der Waals surface area contributed by atoms with Crippen LogP contribution in [0.15, 0.2) is 48.5 Å². The first-order valence-electron chi connectivity index (χ1n) is 6.97. The molecule has 2 atom stereocenters. The van der Waals surface area contributed by atoms with Gasteiger partial charge in [0.15, 0.2) is 0 Å². The summed E-state index contributed by atoms with van der Waals surface area (Å²) >= 11 is 0. The van der Waals surface area contributed by atoms with Crippen molar-refractivity contribution >= 4 is 5.69 Å². The molecule has 3 nitrogen and oxygen atoms in total. The van der Waals surface area contributed by atoms with E-state index in [0.717, 1.165) is 5.56 Å². The number of aliphatic hydroxyl groups excluding tert-OH is 1. The molecule has 2 rings (SSSR count). The molecule has 4 heteroatoms. The second-order valence-electron chi connectivity index (χ2n) is 5.32. The number of benzene rings is 2. The van der Waals surface area contributed by atoms with Crippen molar-refractivity contribution in [2.24, 2.45) is 0 Å². The van der Waals surface area contributed by atoms with Crippen molar-refractivity contribution in [3.05, 3.63) is 65.5 Å². The SMILES string of the molecule is CC(c1ccccc1F)N(C)CC(O)c1cccc(N)c1. The van der Waals surface area contributed by atoms with E-state index >= 15 is 0 Å². The Balaban J connectivity index is 2.07. The monoisotopic (exact) mass is 288 g/mol. The maximum atomic E-state index is 13.8. The van der Waals surface area contributed by atoms with E-state index < -0.39 is 6.10 Å². The molecule has 0 heterocycles. The van der Waals surface area contributed by atoms with Crippen molar-refractivity contribution in [2.75, 3.05) is 19.3 Å². The Morgan fingerprint density at radius 3 is 2.57 bits per heavy atom. The summed E-state index contributed by atoms with van der Waals surface area (Å²) in [6.07, 6.45) is -0.660. The summed E-state index contributed by atoms with van der Waals surface area (Å²) < 4.78 is 13.8. The van der Waals surface area contributed by atoms with E-state index in [1.54, 1.807) is 24.3 Å². The Morgan fingerprint density at radius 2 is 1.90 bits per heavy atom. The van der Waals surface area contributed by atoms with E-state index in [-0.39, 0.29) is 11.9 Å². The lowest BCUT2D eigenvalue weighted by molar-refractivity contribution is 0.107. The van der Waals surface area contributed by atoms with Gasteiger partial charge in [0.25, 0.3) is 0 Å². The highest BCUT2D eigenvalue weighted by Crippen LogP contribution is 2.24. The Kier molecular flexibility index (Phi) is 4.94. The maximum Gasteiger partial charge on any atom is 0.127 e. The average Bonchev–Trinajstić information content (AvgIpc) is 2.47. The highest BCUT2D eigenvalue weighted by atomic mass is 19.1. The Hall–Kier alpha value is -1.91. The minimum atomic E-state index is -0.660. The van der Waals surface area contributed by atoms with Crippen LogP contribution < -0.4 is 5.73 Å². The zero-order valence-corrected chi connectivity index (χ0v) is 12.3. The lowest BCUT2D eigenvalue weighted by atomic mass is 10.0. The number of likely N-dealkylation sites (N-methyl/N-ethyl adjacent to an activating group) is 1. The Labute approximate surface area is 124 Å². The van der Waals surface area contributed by atoms with Gasteiger partial charge in [-0.05, 0) is 37.7 Å². The second kappa shape index (κ2) is 6.70. The van der Waals surface area contributed by atoms with Gasteiger partial charge in [-0.15, -0.1) is 0 Å². The van der Waals surface area contributed by atoms with E-state index in [2.05, 4.69) is 0 Å². The van der Waals surface area contributed by atoms with Crippen molar-refractivity contribution < 1.29 is 9.50 Å². The Morgan fingerprint density at radius 1 is 1.19 bits per heavy atom. The number of nitrogen functional groups attached to an aromatic ring is 1. The number of hydrogen-bond acceptors (Lipinski definition) is 3. The van der Waals surface area contributed by atoms with Crippen molar-refractivity contribution in [1.82, 2.24) is 4.90 Å². The van der Waals surface area contributed by atoms with E-state index in [9.17, 15) is 9.50 Å². The molecule has 0 radical (unpaired) electrons. The van der Waals surface area contributed by atoms with Gasteiger partial charge in [-0.2, -0.15) is 0 Å². The first kappa shape index (κ1) is 15.5. The van der Waals surface area contributed by atoms with Crippen LogP contribution in [0.1, 0.15) is 30.2 Å². The molecule has 0 spiro atoms. The maximum absolute atomic E-state index is 13.8. The van der Waals surface area contributed by atoms with Gasteiger partial charge >= 0.3 is 0 Å². The summed E-state index contributed by atoms with van der Waals surface area (Å²) in [5, 5.41) is 10.3.